The van der Waals surface area contributed by atoms with E-state index in [2.05, 4.69) is 0 Å². The van der Waals surface area contributed by atoms with E-state index in [0.717, 1.165) is 0 Å². The van der Waals surface area contributed by atoms with E-state index in [4.69, 9.17) is 13.9 Å². The molecule has 1 amide bonds. The van der Waals surface area contributed by atoms with Crippen molar-refractivity contribution in [2.45, 2.75) is 13.5 Å². The molecule has 0 radical (unpaired) electrons. The summed E-state index contributed by atoms with van der Waals surface area (Å²) < 4.78 is 15.6. The molecular formula is C20H19NO5. The average molecular weight is 353 g/mol. The molecule has 2 heterocycles. The number of carbonyl (C=O) groups excluding carboxylic acids is 2. The molecule has 1 aromatic carbocycles. The van der Waals surface area contributed by atoms with Gasteiger partial charge in [0.05, 0.1) is 38.2 Å². The Labute approximate surface area is 151 Å². The summed E-state index contributed by atoms with van der Waals surface area (Å²) in [5, 5.41) is 0. The Hall–Kier alpha value is -3.28. The predicted octanol–water partition coefficient (Wildman–Crippen LogP) is 3.16. The number of furan rings is 1. The van der Waals surface area contributed by atoms with Gasteiger partial charge in [-0.1, -0.05) is 18.2 Å². The molecular weight excluding hydrogens is 334 g/mol. The average Bonchev–Trinajstić information content (AvgIpc) is 3.25. The summed E-state index contributed by atoms with van der Waals surface area (Å²) in [5.74, 6) is 0.392. The van der Waals surface area contributed by atoms with E-state index in [-0.39, 0.29) is 23.6 Å². The quantitative estimate of drug-likeness (QED) is 0.610. The Kier molecular flexibility index (Phi) is 4.93. The van der Waals surface area contributed by atoms with Crippen LogP contribution in [-0.2, 0) is 20.9 Å². The number of hydrogen-bond donors (Lipinski definition) is 0. The van der Waals surface area contributed by atoms with Crippen molar-refractivity contribution in [1.29, 1.82) is 0 Å². The van der Waals surface area contributed by atoms with Gasteiger partial charge in [0.2, 0.25) is 0 Å². The number of ether oxygens (including phenoxy) is 2. The molecule has 0 bridgehead atoms. The number of benzene rings is 1. The van der Waals surface area contributed by atoms with Gasteiger partial charge in [-0.15, -0.1) is 0 Å². The van der Waals surface area contributed by atoms with Crippen LogP contribution in [0.15, 0.2) is 63.9 Å². The van der Waals surface area contributed by atoms with Gasteiger partial charge in [-0.25, -0.2) is 4.79 Å². The fourth-order valence-corrected chi connectivity index (χ4v) is 2.92. The zero-order valence-corrected chi connectivity index (χ0v) is 14.8. The van der Waals surface area contributed by atoms with Crippen LogP contribution >= 0.6 is 0 Å². The number of rotatable bonds is 5. The first-order valence-electron chi connectivity index (χ1n) is 8.05. The third-order valence-corrected chi connectivity index (χ3v) is 4.23. The smallest absolute Gasteiger partial charge is 0.340 e. The van der Waals surface area contributed by atoms with Crippen LogP contribution in [-0.4, -0.2) is 31.0 Å². The van der Waals surface area contributed by atoms with Crippen molar-refractivity contribution in [3.63, 3.8) is 0 Å². The highest BCUT2D eigenvalue weighted by Crippen LogP contribution is 2.34. The van der Waals surface area contributed by atoms with Crippen LogP contribution in [0.2, 0.25) is 0 Å². The normalized spacial score (nSPS) is 15.7. The van der Waals surface area contributed by atoms with Crippen molar-refractivity contribution < 1.29 is 23.5 Å². The second-order valence-electron chi connectivity index (χ2n) is 5.72. The molecule has 0 atom stereocenters. The van der Waals surface area contributed by atoms with E-state index < -0.39 is 5.97 Å². The highest BCUT2D eigenvalue weighted by atomic mass is 16.5. The molecule has 0 saturated heterocycles. The second kappa shape index (κ2) is 7.31. The van der Waals surface area contributed by atoms with Crippen LogP contribution in [0.25, 0.3) is 6.08 Å². The third-order valence-electron chi connectivity index (χ3n) is 4.23. The fraction of sp³-hybridized carbons (Fsp3) is 0.200. The van der Waals surface area contributed by atoms with Gasteiger partial charge >= 0.3 is 5.97 Å². The number of methoxy groups -OCH3 is 2. The number of amides is 1. The SMILES string of the molecule is COC(=O)C1=C(C)N(Cc2ccco2)C(=O)/C1=C\c1ccccc1OC. The maximum Gasteiger partial charge on any atom is 0.340 e. The summed E-state index contributed by atoms with van der Waals surface area (Å²) in [6, 6.07) is 10.8. The fourth-order valence-electron chi connectivity index (χ4n) is 2.92. The highest BCUT2D eigenvalue weighted by Gasteiger charge is 2.37. The van der Waals surface area contributed by atoms with Crippen LogP contribution in [0.3, 0.4) is 0 Å². The molecule has 134 valence electrons. The minimum atomic E-state index is -0.557. The van der Waals surface area contributed by atoms with Crippen molar-refractivity contribution in [3.05, 3.63) is 70.8 Å². The van der Waals surface area contributed by atoms with Gasteiger partial charge in [0.25, 0.3) is 5.91 Å². The number of carbonyl (C=O) groups is 2. The Morgan fingerprint density at radius 2 is 1.96 bits per heavy atom. The summed E-state index contributed by atoms with van der Waals surface area (Å²) in [6.07, 6.45) is 3.20. The molecule has 3 rings (SSSR count). The van der Waals surface area contributed by atoms with E-state index in [1.54, 1.807) is 44.6 Å². The summed E-state index contributed by atoms with van der Waals surface area (Å²) in [4.78, 5) is 26.8. The molecule has 0 unspecified atom stereocenters. The van der Waals surface area contributed by atoms with Gasteiger partial charge in [-0.2, -0.15) is 0 Å². The lowest BCUT2D eigenvalue weighted by molar-refractivity contribution is -0.136. The Balaban J connectivity index is 2.07. The molecule has 26 heavy (non-hydrogen) atoms. The number of allylic oxidation sites excluding steroid dienone is 1. The maximum absolute atomic E-state index is 13.0. The van der Waals surface area contributed by atoms with Gasteiger partial charge < -0.3 is 18.8 Å². The Morgan fingerprint density at radius 1 is 1.19 bits per heavy atom. The molecule has 0 aliphatic carbocycles. The molecule has 1 aliphatic rings. The van der Waals surface area contributed by atoms with E-state index in [0.29, 0.717) is 22.8 Å². The predicted molar refractivity (Wildman–Crippen MR) is 94.9 cm³/mol. The maximum atomic E-state index is 13.0. The first kappa shape index (κ1) is 17.5. The largest absolute Gasteiger partial charge is 0.496 e. The summed E-state index contributed by atoms with van der Waals surface area (Å²) in [7, 11) is 2.85. The third kappa shape index (κ3) is 3.13. The molecule has 6 nitrogen and oxygen atoms in total. The first-order chi connectivity index (χ1) is 12.6. The first-order valence-corrected chi connectivity index (χ1v) is 8.05. The van der Waals surface area contributed by atoms with Crippen molar-refractivity contribution in [3.8, 4) is 5.75 Å². The monoisotopic (exact) mass is 353 g/mol. The van der Waals surface area contributed by atoms with Gasteiger partial charge in [0, 0.05) is 11.3 Å². The summed E-state index contributed by atoms with van der Waals surface area (Å²) in [5.41, 5.74) is 1.74. The summed E-state index contributed by atoms with van der Waals surface area (Å²) in [6.45, 7) is 1.96. The molecule has 2 aromatic rings. The molecule has 6 heteroatoms. The van der Waals surface area contributed by atoms with Gasteiger partial charge in [-0.3, -0.25) is 4.79 Å². The minimum absolute atomic E-state index is 0.238. The topological polar surface area (TPSA) is 69.0 Å². The molecule has 0 spiro atoms. The lowest BCUT2D eigenvalue weighted by Crippen LogP contribution is -2.24. The minimum Gasteiger partial charge on any atom is -0.496 e. The van der Waals surface area contributed by atoms with Gasteiger partial charge in [-0.05, 0) is 31.2 Å². The van der Waals surface area contributed by atoms with E-state index in [1.807, 2.05) is 18.2 Å². The van der Waals surface area contributed by atoms with Crippen molar-refractivity contribution in [2.24, 2.45) is 0 Å². The van der Waals surface area contributed by atoms with Gasteiger partial charge in [0.15, 0.2) is 0 Å². The van der Waals surface area contributed by atoms with Crippen LogP contribution in [0.5, 0.6) is 5.75 Å². The number of hydrogen-bond acceptors (Lipinski definition) is 5. The van der Waals surface area contributed by atoms with Crippen molar-refractivity contribution >= 4 is 18.0 Å². The zero-order chi connectivity index (χ0) is 18.7. The molecule has 0 N–H and O–H groups in total. The zero-order valence-electron chi connectivity index (χ0n) is 14.8. The van der Waals surface area contributed by atoms with E-state index in [1.165, 1.54) is 12.0 Å². The molecule has 0 fully saturated rings. The van der Waals surface area contributed by atoms with Gasteiger partial charge in [0.1, 0.15) is 11.5 Å². The van der Waals surface area contributed by atoms with E-state index >= 15 is 0 Å². The molecule has 0 saturated carbocycles. The van der Waals surface area contributed by atoms with Crippen LogP contribution < -0.4 is 4.74 Å². The Morgan fingerprint density at radius 3 is 2.62 bits per heavy atom. The van der Waals surface area contributed by atoms with Crippen LogP contribution in [0, 0.1) is 0 Å². The number of para-hydroxylation sites is 1. The highest BCUT2D eigenvalue weighted by molar-refractivity contribution is 6.16. The van der Waals surface area contributed by atoms with Crippen molar-refractivity contribution in [2.75, 3.05) is 14.2 Å². The lowest BCUT2D eigenvalue weighted by Gasteiger charge is -2.16. The number of esters is 1. The molecule has 1 aromatic heterocycles. The Bertz CT molecular complexity index is 893. The van der Waals surface area contributed by atoms with Crippen LogP contribution in [0.4, 0.5) is 0 Å². The number of nitrogens with zero attached hydrogens (tertiary/aromatic N) is 1. The second-order valence-corrected chi connectivity index (χ2v) is 5.72. The van der Waals surface area contributed by atoms with Crippen molar-refractivity contribution in [1.82, 2.24) is 4.90 Å². The standard InChI is InChI=1S/C20H19NO5/c1-13-18(20(23)25-3)16(11-14-7-4-5-9-17(14)24-2)19(22)21(13)12-15-8-6-10-26-15/h4-11H,12H2,1-3H3/b16-11-. The molecule has 1 aliphatic heterocycles. The lowest BCUT2D eigenvalue weighted by atomic mass is 10.0. The summed E-state index contributed by atoms with van der Waals surface area (Å²) >= 11 is 0. The van der Waals surface area contributed by atoms with E-state index in [9.17, 15) is 9.59 Å². The van der Waals surface area contributed by atoms with Crippen LogP contribution in [0.1, 0.15) is 18.2 Å².